The van der Waals surface area contributed by atoms with Gasteiger partial charge in [0, 0.05) is 45.8 Å². The van der Waals surface area contributed by atoms with Gasteiger partial charge in [-0.2, -0.15) is 0 Å². The number of hydrogen-bond donors (Lipinski definition) is 0. The summed E-state index contributed by atoms with van der Waals surface area (Å²) in [4.78, 5) is 18.8. The Balaban J connectivity index is 1.41. The van der Waals surface area contributed by atoms with Crippen LogP contribution >= 0.6 is 0 Å². The molecule has 2 aliphatic heterocycles. The summed E-state index contributed by atoms with van der Waals surface area (Å²) in [5.74, 6) is 0. The summed E-state index contributed by atoms with van der Waals surface area (Å²) in [6.07, 6.45) is 3.44. The van der Waals surface area contributed by atoms with Crippen molar-refractivity contribution in [2.45, 2.75) is 19.3 Å². The molecule has 114 valence electrons. The molecule has 21 heavy (non-hydrogen) atoms. The molecule has 0 N–H and O–H groups in total. The molecule has 0 saturated carbocycles. The van der Waals surface area contributed by atoms with Gasteiger partial charge in [-0.25, -0.2) is 4.79 Å². The highest BCUT2D eigenvalue weighted by molar-refractivity contribution is 5.74. The minimum Gasteiger partial charge on any atom is -0.325 e. The highest BCUT2D eigenvalue weighted by Crippen LogP contribution is 2.13. The summed E-state index contributed by atoms with van der Waals surface area (Å²) in [5.41, 5.74) is 1.40. The molecule has 0 radical (unpaired) electrons. The average Bonchev–Trinajstić information content (AvgIpc) is 3.08. The van der Waals surface area contributed by atoms with Gasteiger partial charge in [0.1, 0.15) is 0 Å². The standard InChI is InChI=1S/C17H25N3O/c21-17(19-9-4-5-10-19)20-14-12-18(13-15-20)11-8-16-6-2-1-3-7-16/h1-3,6-7H,4-5,8-15H2. The third-order valence-corrected chi connectivity index (χ3v) is 4.58. The number of nitrogens with zero attached hydrogens (tertiary/aromatic N) is 3. The van der Waals surface area contributed by atoms with Gasteiger partial charge in [0.25, 0.3) is 0 Å². The predicted molar refractivity (Wildman–Crippen MR) is 84.4 cm³/mol. The minimum atomic E-state index is 0.259. The summed E-state index contributed by atoms with van der Waals surface area (Å²) in [7, 11) is 0. The van der Waals surface area contributed by atoms with Gasteiger partial charge in [-0.15, -0.1) is 0 Å². The second-order valence-corrected chi connectivity index (χ2v) is 6.04. The second-order valence-electron chi connectivity index (χ2n) is 6.04. The van der Waals surface area contributed by atoms with E-state index in [-0.39, 0.29) is 6.03 Å². The first-order valence-electron chi connectivity index (χ1n) is 8.13. The summed E-state index contributed by atoms with van der Waals surface area (Å²) < 4.78 is 0. The maximum absolute atomic E-state index is 12.3. The number of rotatable bonds is 3. The molecule has 0 aromatic heterocycles. The van der Waals surface area contributed by atoms with Crippen LogP contribution in [0.15, 0.2) is 30.3 Å². The van der Waals surface area contributed by atoms with Crippen LogP contribution in [0.25, 0.3) is 0 Å². The summed E-state index contributed by atoms with van der Waals surface area (Å²) in [6.45, 7) is 6.77. The fraction of sp³-hybridized carbons (Fsp3) is 0.588. The van der Waals surface area contributed by atoms with Crippen LogP contribution < -0.4 is 0 Å². The molecule has 4 heteroatoms. The third kappa shape index (κ3) is 3.76. The van der Waals surface area contributed by atoms with Crippen LogP contribution in [0, 0.1) is 0 Å². The topological polar surface area (TPSA) is 26.8 Å². The fourth-order valence-electron chi connectivity index (χ4n) is 3.20. The van der Waals surface area contributed by atoms with E-state index in [2.05, 4.69) is 35.2 Å². The van der Waals surface area contributed by atoms with Crippen LogP contribution in [0.1, 0.15) is 18.4 Å². The zero-order valence-electron chi connectivity index (χ0n) is 12.7. The van der Waals surface area contributed by atoms with Gasteiger partial charge in [0.15, 0.2) is 0 Å². The molecule has 0 atom stereocenters. The number of benzene rings is 1. The Hall–Kier alpha value is -1.55. The molecule has 0 unspecified atom stereocenters. The van der Waals surface area contributed by atoms with Gasteiger partial charge in [0.05, 0.1) is 0 Å². The molecule has 1 aromatic rings. The molecule has 4 nitrogen and oxygen atoms in total. The highest BCUT2D eigenvalue weighted by atomic mass is 16.2. The summed E-state index contributed by atoms with van der Waals surface area (Å²) in [6, 6.07) is 10.9. The van der Waals surface area contributed by atoms with E-state index in [9.17, 15) is 4.79 Å². The monoisotopic (exact) mass is 287 g/mol. The van der Waals surface area contributed by atoms with Crippen molar-refractivity contribution in [2.75, 3.05) is 45.8 Å². The SMILES string of the molecule is O=C(N1CCCC1)N1CCN(CCc2ccccc2)CC1. The lowest BCUT2D eigenvalue weighted by molar-refractivity contribution is 0.119. The molecular formula is C17H25N3O. The first-order chi connectivity index (χ1) is 10.3. The molecule has 2 heterocycles. The van der Waals surface area contributed by atoms with Gasteiger partial charge in [-0.05, 0) is 24.8 Å². The minimum absolute atomic E-state index is 0.259. The Bertz CT molecular complexity index is 448. The first kappa shape index (κ1) is 14.4. The zero-order chi connectivity index (χ0) is 14.5. The maximum Gasteiger partial charge on any atom is 0.320 e. The Morgan fingerprint density at radius 2 is 1.48 bits per heavy atom. The van der Waals surface area contributed by atoms with Crippen molar-refractivity contribution in [1.82, 2.24) is 14.7 Å². The van der Waals surface area contributed by atoms with Gasteiger partial charge >= 0.3 is 6.03 Å². The van der Waals surface area contributed by atoms with Crippen LogP contribution in [0.3, 0.4) is 0 Å². The van der Waals surface area contributed by atoms with Crippen LogP contribution in [0.2, 0.25) is 0 Å². The van der Waals surface area contributed by atoms with E-state index in [1.54, 1.807) is 0 Å². The van der Waals surface area contributed by atoms with Crippen LogP contribution in [-0.2, 0) is 6.42 Å². The number of amides is 2. The largest absolute Gasteiger partial charge is 0.325 e. The number of likely N-dealkylation sites (tertiary alicyclic amines) is 1. The fourth-order valence-corrected chi connectivity index (χ4v) is 3.20. The Labute approximate surface area is 127 Å². The zero-order valence-corrected chi connectivity index (χ0v) is 12.7. The predicted octanol–water partition coefficient (Wildman–Crippen LogP) is 2.06. The highest BCUT2D eigenvalue weighted by Gasteiger charge is 2.26. The normalized spacial score (nSPS) is 20.0. The molecule has 0 bridgehead atoms. The van der Waals surface area contributed by atoms with Crippen molar-refractivity contribution in [1.29, 1.82) is 0 Å². The Morgan fingerprint density at radius 3 is 2.14 bits per heavy atom. The lowest BCUT2D eigenvalue weighted by Crippen LogP contribution is -2.52. The number of carbonyl (C=O) groups is 1. The van der Waals surface area contributed by atoms with E-state index in [0.29, 0.717) is 0 Å². The Kier molecular flexibility index (Phi) is 4.76. The van der Waals surface area contributed by atoms with Crippen molar-refractivity contribution in [2.24, 2.45) is 0 Å². The van der Waals surface area contributed by atoms with E-state index in [1.807, 2.05) is 9.80 Å². The van der Waals surface area contributed by atoms with Crippen LogP contribution in [0.4, 0.5) is 4.79 Å². The van der Waals surface area contributed by atoms with E-state index >= 15 is 0 Å². The van der Waals surface area contributed by atoms with Crippen LogP contribution in [-0.4, -0.2) is 66.5 Å². The maximum atomic E-state index is 12.3. The lowest BCUT2D eigenvalue weighted by Gasteiger charge is -2.36. The van der Waals surface area contributed by atoms with Gasteiger partial charge < -0.3 is 9.80 Å². The van der Waals surface area contributed by atoms with E-state index in [1.165, 1.54) is 18.4 Å². The quantitative estimate of drug-likeness (QED) is 0.851. The van der Waals surface area contributed by atoms with Crippen molar-refractivity contribution < 1.29 is 4.79 Å². The van der Waals surface area contributed by atoms with Crippen molar-refractivity contribution in [3.8, 4) is 0 Å². The lowest BCUT2D eigenvalue weighted by atomic mass is 10.1. The second kappa shape index (κ2) is 6.94. The Morgan fingerprint density at radius 1 is 0.857 bits per heavy atom. The molecule has 3 rings (SSSR count). The number of piperazine rings is 1. The summed E-state index contributed by atoms with van der Waals surface area (Å²) in [5, 5.41) is 0. The van der Waals surface area contributed by atoms with Gasteiger partial charge in [-0.3, -0.25) is 4.90 Å². The van der Waals surface area contributed by atoms with Crippen molar-refractivity contribution in [3.05, 3.63) is 35.9 Å². The molecule has 2 saturated heterocycles. The molecular weight excluding hydrogens is 262 g/mol. The molecule has 2 amide bonds. The number of urea groups is 1. The van der Waals surface area contributed by atoms with Crippen molar-refractivity contribution in [3.63, 3.8) is 0 Å². The molecule has 0 aliphatic carbocycles. The average molecular weight is 287 g/mol. The first-order valence-corrected chi connectivity index (χ1v) is 8.13. The van der Waals surface area contributed by atoms with Gasteiger partial charge in [0.2, 0.25) is 0 Å². The van der Waals surface area contributed by atoms with Crippen molar-refractivity contribution >= 4 is 6.03 Å². The van der Waals surface area contributed by atoms with Crippen LogP contribution in [0.5, 0.6) is 0 Å². The molecule has 1 aromatic carbocycles. The van der Waals surface area contributed by atoms with E-state index in [0.717, 1.165) is 52.2 Å². The van der Waals surface area contributed by atoms with E-state index in [4.69, 9.17) is 0 Å². The number of hydrogen-bond acceptors (Lipinski definition) is 2. The summed E-state index contributed by atoms with van der Waals surface area (Å²) >= 11 is 0. The number of carbonyl (C=O) groups excluding carboxylic acids is 1. The molecule has 2 aliphatic rings. The molecule has 0 spiro atoms. The third-order valence-electron chi connectivity index (χ3n) is 4.58. The molecule has 2 fully saturated rings. The smallest absolute Gasteiger partial charge is 0.320 e. The van der Waals surface area contributed by atoms with E-state index < -0.39 is 0 Å². The van der Waals surface area contributed by atoms with Gasteiger partial charge in [-0.1, -0.05) is 30.3 Å².